The Labute approximate surface area is 147 Å². The number of ether oxygens (including phenoxy) is 1. The average Bonchev–Trinajstić information content (AvgIpc) is 2.56. The van der Waals surface area contributed by atoms with Crippen LogP contribution < -0.4 is 10.1 Å². The normalized spacial score (nSPS) is 17.7. The molecule has 23 heavy (non-hydrogen) atoms. The third-order valence-electron chi connectivity index (χ3n) is 4.26. The molecular formula is C18H27BrN2O2. The van der Waals surface area contributed by atoms with Gasteiger partial charge in [0.15, 0.2) is 6.10 Å². The van der Waals surface area contributed by atoms with E-state index in [0.29, 0.717) is 5.75 Å². The van der Waals surface area contributed by atoms with E-state index < -0.39 is 6.10 Å². The molecule has 1 saturated heterocycles. The molecule has 4 nitrogen and oxygen atoms in total. The van der Waals surface area contributed by atoms with E-state index in [1.165, 1.54) is 19.4 Å². The Kier molecular flexibility index (Phi) is 7.37. The highest BCUT2D eigenvalue weighted by atomic mass is 79.9. The number of hydrogen-bond acceptors (Lipinski definition) is 3. The molecule has 0 aliphatic carbocycles. The summed E-state index contributed by atoms with van der Waals surface area (Å²) in [6.45, 7) is 7.35. The second kappa shape index (κ2) is 9.28. The Bertz CT molecular complexity index is 484. The largest absolute Gasteiger partial charge is 0.481 e. The van der Waals surface area contributed by atoms with Crippen LogP contribution in [0.2, 0.25) is 0 Å². The van der Waals surface area contributed by atoms with Crippen molar-refractivity contribution in [1.29, 1.82) is 0 Å². The molecule has 1 heterocycles. The first-order valence-corrected chi connectivity index (χ1v) is 9.32. The van der Waals surface area contributed by atoms with Gasteiger partial charge < -0.3 is 15.0 Å². The summed E-state index contributed by atoms with van der Waals surface area (Å²) in [5.41, 5.74) is 0. The van der Waals surface area contributed by atoms with Gasteiger partial charge in [-0.25, -0.2) is 0 Å². The van der Waals surface area contributed by atoms with Crippen molar-refractivity contribution in [2.75, 3.05) is 19.6 Å². The van der Waals surface area contributed by atoms with E-state index in [1.807, 2.05) is 24.3 Å². The van der Waals surface area contributed by atoms with Crippen LogP contribution in [0.3, 0.4) is 0 Å². The van der Waals surface area contributed by atoms with E-state index in [0.717, 1.165) is 30.4 Å². The molecule has 0 saturated carbocycles. The molecule has 0 bridgehead atoms. The maximum Gasteiger partial charge on any atom is 0.260 e. The first-order valence-electron chi connectivity index (χ1n) is 8.53. The van der Waals surface area contributed by atoms with Crippen LogP contribution in [0, 0.1) is 0 Å². The number of nitrogens with one attached hydrogen (secondary N) is 1. The van der Waals surface area contributed by atoms with Crippen molar-refractivity contribution >= 4 is 21.8 Å². The molecule has 0 aromatic heterocycles. The third-order valence-corrected chi connectivity index (χ3v) is 4.79. The fourth-order valence-electron chi connectivity index (χ4n) is 2.77. The molecule has 1 fully saturated rings. The summed E-state index contributed by atoms with van der Waals surface area (Å²) in [4.78, 5) is 14.8. The average molecular weight is 383 g/mol. The number of nitrogens with zero attached hydrogens (tertiary/aromatic N) is 1. The van der Waals surface area contributed by atoms with Gasteiger partial charge in [-0.1, -0.05) is 29.3 Å². The van der Waals surface area contributed by atoms with Gasteiger partial charge in [-0.15, -0.1) is 0 Å². The summed E-state index contributed by atoms with van der Waals surface area (Å²) in [5, 5.41) is 3.13. The number of benzene rings is 1. The first-order chi connectivity index (χ1) is 11.1. The Morgan fingerprint density at radius 3 is 2.61 bits per heavy atom. The highest BCUT2D eigenvalue weighted by Crippen LogP contribution is 2.17. The molecule has 1 N–H and O–H groups in total. The number of piperidine rings is 1. The standard InChI is InChI=1S/C18H27BrN2O2/c1-3-4-11-21-12-9-16(10-13-21)20-18(22)14(2)23-17-7-5-15(19)6-8-17/h5-8,14,16H,3-4,9-13H2,1-2H3,(H,20,22)/t14-/m1/s1. The van der Waals surface area contributed by atoms with Gasteiger partial charge in [0.2, 0.25) is 0 Å². The molecule has 2 rings (SSSR count). The first kappa shape index (κ1) is 18.3. The van der Waals surface area contributed by atoms with Crippen molar-refractivity contribution in [1.82, 2.24) is 10.2 Å². The minimum Gasteiger partial charge on any atom is -0.481 e. The number of amides is 1. The van der Waals surface area contributed by atoms with Crippen LogP contribution in [0.15, 0.2) is 28.7 Å². The molecule has 1 aliphatic rings. The van der Waals surface area contributed by atoms with Gasteiger partial charge in [0.25, 0.3) is 5.91 Å². The fourth-order valence-corrected chi connectivity index (χ4v) is 3.04. The molecule has 128 valence electrons. The van der Waals surface area contributed by atoms with Crippen molar-refractivity contribution in [2.45, 2.75) is 51.7 Å². The second-order valence-corrected chi connectivity index (χ2v) is 7.11. The van der Waals surface area contributed by atoms with Gasteiger partial charge in [-0.05, 0) is 57.0 Å². The van der Waals surface area contributed by atoms with Crippen LogP contribution in [0.4, 0.5) is 0 Å². The van der Waals surface area contributed by atoms with Crippen LogP contribution in [0.25, 0.3) is 0 Å². The molecule has 5 heteroatoms. The number of hydrogen-bond donors (Lipinski definition) is 1. The molecule has 0 radical (unpaired) electrons. The lowest BCUT2D eigenvalue weighted by atomic mass is 10.0. The maximum absolute atomic E-state index is 12.3. The molecule has 1 aromatic carbocycles. The van der Waals surface area contributed by atoms with Gasteiger partial charge in [0.1, 0.15) is 5.75 Å². The zero-order chi connectivity index (χ0) is 16.7. The van der Waals surface area contributed by atoms with Gasteiger partial charge in [0, 0.05) is 23.6 Å². The lowest BCUT2D eigenvalue weighted by Crippen LogP contribution is -2.48. The summed E-state index contributed by atoms with van der Waals surface area (Å²) in [6.07, 6.45) is 4.08. The van der Waals surface area contributed by atoms with E-state index in [2.05, 4.69) is 33.1 Å². The van der Waals surface area contributed by atoms with Crippen molar-refractivity contribution in [3.8, 4) is 5.75 Å². The Balaban J connectivity index is 1.73. The summed E-state index contributed by atoms with van der Waals surface area (Å²) in [5.74, 6) is 0.685. The summed E-state index contributed by atoms with van der Waals surface area (Å²) < 4.78 is 6.70. The second-order valence-electron chi connectivity index (χ2n) is 6.19. The quantitative estimate of drug-likeness (QED) is 0.782. The number of halogens is 1. The van der Waals surface area contributed by atoms with Crippen LogP contribution >= 0.6 is 15.9 Å². The van der Waals surface area contributed by atoms with Crippen LogP contribution in [-0.2, 0) is 4.79 Å². The molecule has 1 aromatic rings. The third kappa shape index (κ3) is 6.15. The van der Waals surface area contributed by atoms with E-state index in [1.54, 1.807) is 6.92 Å². The molecule has 0 unspecified atom stereocenters. The smallest absolute Gasteiger partial charge is 0.260 e. The zero-order valence-corrected chi connectivity index (χ0v) is 15.6. The van der Waals surface area contributed by atoms with Crippen molar-refractivity contribution in [3.05, 3.63) is 28.7 Å². The Hall–Kier alpha value is -1.07. The lowest BCUT2D eigenvalue weighted by molar-refractivity contribution is -0.128. The summed E-state index contributed by atoms with van der Waals surface area (Å²) in [7, 11) is 0. The minimum absolute atomic E-state index is 0.0278. The van der Waals surface area contributed by atoms with Crippen LogP contribution in [-0.4, -0.2) is 42.6 Å². The van der Waals surface area contributed by atoms with E-state index in [4.69, 9.17) is 4.74 Å². The summed E-state index contributed by atoms with van der Waals surface area (Å²) >= 11 is 3.39. The van der Waals surface area contributed by atoms with E-state index in [-0.39, 0.29) is 11.9 Å². The topological polar surface area (TPSA) is 41.6 Å². The predicted octanol–water partition coefficient (Wildman–Crippen LogP) is 3.60. The maximum atomic E-state index is 12.3. The van der Waals surface area contributed by atoms with Gasteiger partial charge >= 0.3 is 0 Å². The van der Waals surface area contributed by atoms with E-state index >= 15 is 0 Å². The van der Waals surface area contributed by atoms with Crippen LogP contribution in [0.5, 0.6) is 5.75 Å². The van der Waals surface area contributed by atoms with Gasteiger partial charge in [0.05, 0.1) is 0 Å². The molecule has 0 spiro atoms. The van der Waals surface area contributed by atoms with Gasteiger partial charge in [-0.3, -0.25) is 4.79 Å². The van der Waals surface area contributed by atoms with Crippen molar-refractivity contribution < 1.29 is 9.53 Å². The van der Waals surface area contributed by atoms with Crippen LogP contribution in [0.1, 0.15) is 39.5 Å². The number of carbonyl (C=O) groups excluding carboxylic acids is 1. The lowest BCUT2D eigenvalue weighted by Gasteiger charge is -2.32. The van der Waals surface area contributed by atoms with E-state index in [9.17, 15) is 4.79 Å². The highest BCUT2D eigenvalue weighted by molar-refractivity contribution is 9.10. The van der Waals surface area contributed by atoms with Crippen molar-refractivity contribution in [2.24, 2.45) is 0 Å². The van der Waals surface area contributed by atoms with Gasteiger partial charge in [-0.2, -0.15) is 0 Å². The monoisotopic (exact) mass is 382 g/mol. The molecule has 1 aliphatic heterocycles. The molecular weight excluding hydrogens is 356 g/mol. The molecule has 1 amide bonds. The SMILES string of the molecule is CCCCN1CCC(NC(=O)[C@@H](C)Oc2ccc(Br)cc2)CC1. The Morgan fingerprint density at radius 2 is 2.00 bits per heavy atom. The number of likely N-dealkylation sites (tertiary alicyclic amines) is 1. The Morgan fingerprint density at radius 1 is 1.35 bits per heavy atom. The van der Waals surface area contributed by atoms with Crippen molar-refractivity contribution in [3.63, 3.8) is 0 Å². The summed E-state index contributed by atoms with van der Waals surface area (Å²) in [6, 6.07) is 7.81. The fraction of sp³-hybridized carbons (Fsp3) is 0.611. The predicted molar refractivity (Wildman–Crippen MR) is 96.7 cm³/mol. The highest BCUT2D eigenvalue weighted by Gasteiger charge is 2.23. The zero-order valence-electron chi connectivity index (χ0n) is 14.1. The number of rotatable bonds is 7. The number of carbonyl (C=O) groups is 1. The minimum atomic E-state index is -0.478. The number of unbranched alkanes of at least 4 members (excludes halogenated alkanes) is 1. The molecule has 1 atom stereocenters.